The van der Waals surface area contributed by atoms with Crippen molar-refractivity contribution in [2.24, 2.45) is 0 Å². The van der Waals surface area contributed by atoms with Crippen LogP contribution in [0.3, 0.4) is 0 Å². The maximum Gasteiger partial charge on any atom is 0.318 e. The number of piperidine rings is 1. The maximum atomic E-state index is 13.0. The average Bonchev–Trinajstić information content (AvgIpc) is 2.90. The molecule has 0 bridgehead atoms. The van der Waals surface area contributed by atoms with E-state index in [1.807, 2.05) is 35.2 Å². The Balaban J connectivity index is 0.00000441. The third-order valence-electron chi connectivity index (χ3n) is 6.72. The lowest BCUT2D eigenvalue weighted by molar-refractivity contribution is 0.158. The summed E-state index contributed by atoms with van der Waals surface area (Å²) in [6.07, 6.45) is 2.97. The predicted molar refractivity (Wildman–Crippen MR) is 163 cm³/mol. The number of amides is 2. The van der Waals surface area contributed by atoms with Crippen LogP contribution in [0.5, 0.6) is 11.5 Å². The van der Waals surface area contributed by atoms with E-state index in [0.29, 0.717) is 23.7 Å². The van der Waals surface area contributed by atoms with Gasteiger partial charge in [-0.05, 0) is 74.2 Å². The Morgan fingerprint density at radius 1 is 0.925 bits per heavy atom. The standard InChI is InChI=1S/C30H38N4O4S.ClH/c1-23(2)34(22-24-7-5-4-6-8-24)30(35)31-26-17-19-33(20-18-26)21-25-9-13-28(14-10-25)38-29-15-11-27(12-16-29)32-39(3,36)37;/h4-16,23,26,32H,17-22H2,1-3H3,(H,31,35);1H. The maximum absolute atomic E-state index is 13.0. The minimum Gasteiger partial charge on any atom is -0.457 e. The SMILES string of the molecule is CC(C)N(Cc1ccccc1)C(=O)NC1CCN(Cc2ccc(Oc3ccc(NS(C)(=O)=O)cc3)cc2)CC1.Cl. The Morgan fingerprint density at radius 3 is 2.05 bits per heavy atom. The molecule has 4 rings (SSSR count). The highest BCUT2D eigenvalue weighted by Gasteiger charge is 2.24. The van der Waals surface area contributed by atoms with Crippen molar-refractivity contribution in [3.8, 4) is 11.5 Å². The molecule has 0 unspecified atom stereocenters. The van der Waals surface area contributed by atoms with E-state index in [-0.39, 0.29) is 30.5 Å². The minimum absolute atomic E-state index is 0. The number of halogens is 1. The quantitative estimate of drug-likeness (QED) is 0.311. The van der Waals surface area contributed by atoms with E-state index in [0.717, 1.165) is 44.3 Å². The molecular formula is C30H39ClN4O4S. The molecule has 1 saturated heterocycles. The number of nitrogens with one attached hydrogen (secondary N) is 2. The van der Waals surface area contributed by atoms with Crippen molar-refractivity contribution < 1.29 is 17.9 Å². The summed E-state index contributed by atoms with van der Waals surface area (Å²) >= 11 is 0. The van der Waals surface area contributed by atoms with Gasteiger partial charge in [0.25, 0.3) is 0 Å². The van der Waals surface area contributed by atoms with Crippen LogP contribution in [0.4, 0.5) is 10.5 Å². The van der Waals surface area contributed by atoms with Crippen molar-refractivity contribution in [2.45, 2.75) is 51.9 Å². The van der Waals surface area contributed by atoms with E-state index in [9.17, 15) is 13.2 Å². The Labute approximate surface area is 244 Å². The second-order valence-corrected chi connectivity index (χ2v) is 12.1. The van der Waals surface area contributed by atoms with Crippen LogP contribution < -0.4 is 14.8 Å². The Bertz CT molecular complexity index is 1310. The molecule has 3 aromatic carbocycles. The fraction of sp³-hybridized carbons (Fsp3) is 0.367. The first kappa shape index (κ1) is 31.3. The third kappa shape index (κ3) is 9.73. The first-order chi connectivity index (χ1) is 18.6. The van der Waals surface area contributed by atoms with Crippen molar-refractivity contribution in [1.29, 1.82) is 0 Å². The van der Waals surface area contributed by atoms with Crippen molar-refractivity contribution in [1.82, 2.24) is 15.1 Å². The normalized spacial score (nSPS) is 14.3. The molecule has 0 aromatic heterocycles. The fourth-order valence-electron chi connectivity index (χ4n) is 4.62. The Kier molecular flexibility index (Phi) is 11.2. The zero-order valence-corrected chi connectivity index (χ0v) is 24.9. The van der Waals surface area contributed by atoms with Crippen LogP contribution >= 0.6 is 12.4 Å². The zero-order valence-electron chi connectivity index (χ0n) is 23.2. The highest BCUT2D eigenvalue weighted by molar-refractivity contribution is 7.92. The van der Waals surface area contributed by atoms with E-state index in [2.05, 4.69) is 53.1 Å². The number of rotatable bonds is 10. The smallest absolute Gasteiger partial charge is 0.318 e. The van der Waals surface area contributed by atoms with Crippen molar-refractivity contribution in [3.05, 3.63) is 90.0 Å². The number of ether oxygens (including phenoxy) is 1. The van der Waals surface area contributed by atoms with Crippen LogP contribution in [0.15, 0.2) is 78.9 Å². The predicted octanol–water partition coefficient (Wildman–Crippen LogP) is 5.86. The molecule has 1 heterocycles. The molecule has 0 saturated carbocycles. The van der Waals surface area contributed by atoms with Crippen molar-refractivity contribution >= 4 is 34.1 Å². The molecule has 8 nitrogen and oxygen atoms in total. The molecule has 1 aliphatic heterocycles. The molecule has 2 amide bonds. The van der Waals surface area contributed by atoms with E-state index >= 15 is 0 Å². The number of carbonyl (C=O) groups excluding carboxylic acids is 1. The molecule has 0 atom stereocenters. The molecule has 40 heavy (non-hydrogen) atoms. The largest absolute Gasteiger partial charge is 0.457 e. The van der Waals surface area contributed by atoms with Crippen LogP contribution in [0.25, 0.3) is 0 Å². The summed E-state index contributed by atoms with van der Waals surface area (Å²) < 4.78 is 31.0. The van der Waals surface area contributed by atoms with Crippen LogP contribution in [0.2, 0.25) is 0 Å². The summed E-state index contributed by atoms with van der Waals surface area (Å²) in [5.74, 6) is 1.35. The summed E-state index contributed by atoms with van der Waals surface area (Å²) in [7, 11) is -3.31. The van der Waals surface area contributed by atoms with Gasteiger partial charge in [-0.25, -0.2) is 13.2 Å². The molecule has 10 heteroatoms. The molecule has 3 aromatic rings. The van der Waals surface area contributed by atoms with E-state index in [4.69, 9.17) is 4.74 Å². The molecular weight excluding hydrogens is 548 g/mol. The molecule has 0 radical (unpaired) electrons. The molecule has 1 fully saturated rings. The number of anilines is 1. The van der Waals surface area contributed by atoms with Crippen molar-refractivity contribution in [3.63, 3.8) is 0 Å². The van der Waals surface area contributed by atoms with Crippen LogP contribution in [-0.2, 0) is 23.1 Å². The zero-order chi connectivity index (χ0) is 27.8. The van der Waals surface area contributed by atoms with Gasteiger partial charge in [0, 0.05) is 44.0 Å². The van der Waals surface area contributed by atoms with Crippen LogP contribution in [-0.4, -0.2) is 55.7 Å². The molecule has 216 valence electrons. The van der Waals surface area contributed by atoms with E-state index in [1.54, 1.807) is 24.3 Å². The summed E-state index contributed by atoms with van der Waals surface area (Å²) in [6, 6.07) is 25.2. The summed E-state index contributed by atoms with van der Waals surface area (Å²) in [5, 5.41) is 3.26. The number of urea groups is 1. The average molecular weight is 587 g/mol. The Morgan fingerprint density at radius 2 is 1.50 bits per heavy atom. The third-order valence-corrected chi connectivity index (χ3v) is 7.32. The number of nitrogens with zero attached hydrogens (tertiary/aromatic N) is 2. The monoisotopic (exact) mass is 586 g/mol. The molecule has 1 aliphatic rings. The lowest BCUT2D eigenvalue weighted by Crippen LogP contribution is -2.50. The number of hydrogen-bond acceptors (Lipinski definition) is 5. The van der Waals surface area contributed by atoms with Gasteiger partial charge in [-0.3, -0.25) is 9.62 Å². The minimum atomic E-state index is -3.31. The lowest BCUT2D eigenvalue weighted by atomic mass is 10.0. The number of carbonyl (C=O) groups is 1. The molecule has 0 spiro atoms. The van der Waals surface area contributed by atoms with Gasteiger partial charge >= 0.3 is 6.03 Å². The first-order valence-corrected chi connectivity index (χ1v) is 15.2. The van der Waals surface area contributed by atoms with Gasteiger partial charge < -0.3 is 15.0 Å². The number of sulfonamides is 1. The summed E-state index contributed by atoms with van der Waals surface area (Å²) in [6.45, 7) is 7.41. The van der Waals surface area contributed by atoms with E-state index in [1.165, 1.54) is 5.56 Å². The van der Waals surface area contributed by atoms with E-state index < -0.39 is 10.0 Å². The number of likely N-dealkylation sites (tertiary alicyclic amines) is 1. The summed E-state index contributed by atoms with van der Waals surface area (Å²) in [5.41, 5.74) is 2.83. The number of benzene rings is 3. The lowest BCUT2D eigenvalue weighted by Gasteiger charge is -2.35. The van der Waals surface area contributed by atoms with Crippen molar-refractivity contribution in [2.75, 3.05) is 24.1 Å². The second-order valence-electron chi connectivity index (χ2n) is 10.4. The second kappa shape index (κ2) is 14.4. The van der Waals surface area contributed by atoms with Crippen LogP contribution in [0.1, 0.15) is 37.8 Å². The molecule has 2 N–H and O–H groups in total. The van der Waals surface area contributed by atoms with Gasteiger partial charge in [-0.2, -0.15) is 0 Å². The highest BCUT2D eigenvalue weighted by Crippen LogP contribution is 2.24. The van der Waals surface area contributed by atoms with Gasteiger partial charge in [0.2, 0.25) is 10.0 Å². The molecule has 0 aliphatic carbocycles. The highest BCUT2D eigenvalue weighted by atomic mass is 35.5. The topological polar surface area (TPSA) is 91.0 Å². The fourth-order valence-corrected chi connectivity index (χ4v) is 5.19. The van der Waals surface area contributed by atoms with Crippen LogP contribution in [0, 0.1) is 0 Å². The van der Waals surface area contributed by atoms with Gasteiger partial charge in [-0.1, -0.05) is 42.5 Å². The first-order valence-electron chi connectivity index (χ1n) is 13.3. The van der Waals surface area contributed by atoms with Gasteiger partial charge in [0.1, 0.15) is 11.5 Å². The van der Waals surface area contributed by atoms with Gasteiger partial charge in [-0.15, -0.1) is 12.4 Å². The Hall–Kier alpha value is -3.27. The van der Waals surface area contributed by atoms with Gasteiger partial charge in [0.15, 0.2) is 0 Å². The summed E-state index contributed by atoms with van der Waals surface area (Å²) in [4.78, 5) is 17.3. The van der Waals surface area contributed by atoms with Gasteiger partial charge in [0.05, 0.1) is 6.26 Å². The number of hydrogen-bond donors (Lipinski definition) is 2.